The minimum absolute atomic E-state index is 0. The van der Waals surface area contributed by atoms with E-state index < -0.39 is 0 Å². The third-order valence-corrected chi connectivity index (χ3v) is 13.5. The predicted octanol–water partition coefficient (Wildman–Crippen LogP) is 12.9. The molecule has 2 rings (SSSR count). The normalized spacial score (nSPS) is 13.5. The summed E-state index contributed by atoms with van der Waals surface area (Å²) in [6.45, 7) is 16.0. The Bertz CT molecular complexity index is 878. The summed E-state index contributed by atoms with van der Waals surface area (Å²) in [4.78, 5) is 0. The molecule has 0 spiro atoms. The summed E-state index contributed by atoms with van der Waals surface area (Å²) >= 11 is 12.6. The Hall–Kier alpha value is 0.280. The summed E-state index contributed by atoms with van der Waals surface area (Å²) in [5.41, 5.74) is 2.48. The predicted molar refractivity (Wildman–Crippen MR) is 200 cm³/mol. The van der Waals surface area contributed by atoms with Crippen LogP contribution in [-0.2, 0) is 0 Å². The number of benzene rings is 2. The first-order chi connectivity index (χ1) is 19.6. The maximum Gasteiger partial charge on any atom is 0.0585 e. The van der Waals surface area contributed by atoms with Gasteiger partial charge in [0.25, 0.3) is 0 Å². The van der Waals surface area contributed by atoms with Crippen LogP contribution in [0.25, 0.3) is 0 Å². The number of nitrogens with one attached hydrogen (secondary N) is 2. The lowest BCUT2D eigenvalue weighted by atomic mass is 9.94. The van der Waals surface area contributed by atoms with Crippen LogP contribution in [0.5, 0.6) is 0 Å². The molecular formula is C34H55Cl3N2S3. The number of hydrogen-bond donors (Lipinski definition) is 2. The standard InChI is InChI=1S/C34H54Cl2N2S3.ClH/c1-7-9-11-13-15-25-37-33(3,4)31(27-17-21-29(35)22-18-27)39-41-40-32(28-19-23-30(36)24-20-28)34(5,6)38-26-16-14-12-10-8-2;/h17-24,31-32,37-38H,7-16,25-26H2,1-6H3;1H. The van der Waals surface area contributed by atoms with E-state index in [1.807, 2.05) is 55.7 Å². The van der Waals surface area contributed by atoms with Crippen molar-refractivity contribution in [2.75, 3.05) is 13.1 Å². The van der Waals surface area contributed by atoms with Crippen molar-refractivity contribution in [3.05, 3.63) is 69.7 Å². The van der Waals surface area contributed by atoms with Gasteiger partial charge in [0.15, 0.2) is 0 Å². The SMILES string of the molecule is CCCCCCCNC(C)(C)C(SSSC(c1ccc(Cl)cc1)C(C)(C)NCCCCCCC)c1ccc(Cl)cc1.Cl. The van der Waals surface area contributed by atoms with Gasteiger partial charge in [-0.1, -0.05) is 134 Å². The zero-order chi connectivity index (χ0) is 30.1. The first-order valence-corrected chi connectivity index (χ1v) is 20.0. The smallest absolute Gasteiger partial charge is 0.0585 e. The number of rotatable bonds is 22. The van der Waals surface area contributed by atoms with E-state index in [4.69, 9.17) is 23.2 Å². The molecule has 0 aromatic heterocycles. The molecule has 2 aromatic rings. The molecule has 0 bridgehead atoms. The highest BCUT2D eigenvalue weighted by Gasteiger charge is 2.34. The highest BCUT2D eigenvalue weighted by Crippen LogP contribution is 2.55. The number of hydrogen-bond acceptors (Lipinski definition) is 5. The molecule has 42 heavy (non-hydrogen) atoms. The van der Waals surface area contributed by atoms with Gasteiger partial charge in [-0.15, -0.1) is 12.4 Å². The van der Waals surface area contributed by atoms with Gasteiger partial charge in [-0.3, -0.25) is 0 Å². The molecule has 240 valence electrons. The summed E-state index contributed by atoms with van der Waals surface area (Å²) in [6, 6.07) is 16.8. The van der Waals surface area contributed by atoms with E-state index in [9.17, 15) is 0 Å². The fourth-order valence-corrected chi connectivity index (χ4v) is 11.2. The van der Waals surface area contributed by atoms with Crippen molar-refractivity contribution in [2.45, 2.75) is 127 Å². The van der Waals surface area contributed by atoms with Gasteiger partial charge in [0.2, 0.25) is 0 Å². The van der Waals surface area contributed by atoms with E-state index in [-0.39, 0.29) is 34.0 Å². The summed E-state index contributed by atoms with van der Waals surface area (Å²) in [6.07, 6.45) is 12.9. The molecule has 0 heterocycles. The Morgan fingerprint density at radius 3 is 1.24 bits per heavy atom. The van der Waals surface area contributed by atoms with E-state index in [1.54, 1.807) is 0 Å². The van der Waals surface area contributed by atoms with Gasteiger partial charge in [-0.25, -0.2) is 0 Å². The molecule has 0 aliphatic rings. The fourth-order valence-electron chi connectivity index (χ4n) is 5.03. The zero-order valence-electron chi connectivity index (χ0n) is 26.6. The van der Waals surface area contributed by atoms with E-state index in [0.717, 1.165) is 23.1 Å². The minimum atomic E-state index is -0.0706. The molecule has 0 aliphatic heterocycles. The van der Waals surface area contributed by atoms with Crippen LogP contribution >= 0.6 is 67.0 Å². The lowest BCUT2D eigenvalue weighted by molar-refractivity contribution is 0.374. The molecule has 2 N–H and O–H groups in total. The van der Waals surface area contributed by atoms with Crippen molar-refractivity contribution >= 4 is 67.0 Å². The fraction of sp³-hybridized carbons (Fsp3) is 0.647. The molecule has 0 fully saturated rings. The maximum atomic E-state index is 6.28. The zero-order valence-corrected chi connectivity index (χ0v) is 31.4. The van der Waals surface area contributed by atoms with Crippen molar-refractivity contribution in [1.82, 2.24) is 10.6 Å². The molecule has 2 unspecified atom stereocenters. The van der Waals surface area contributed by atoms with Gasteiger partial charge >= 0.3 is 0 Å². The topological polar surface area (TPSA) is 24.1 Å². The number of unbranched alkanes of at least 4 members (excludes halogenated alkanes) is 8. The third-order valence-electron chi connectivity index (χ3n) is 7.65. The van der Waals surface area contributed by atoms with Crippen LogP contribution in [0.3, 0.4) is 0 Å². The first kappa shape index (κ1) is 40.3. The van der Waals surface area contributed by atoms with Gasteiger partial charge in [0, 0.05) is 21.1 Å². The van der Waals surface area contributed by atoms with Crippen molar-refractivity contribution < 1.29 is 0 Å². The van der Waals surface area contributed by atoms with Crippen LogP contribution in [0.2, 0.25) is 10.0 Å². The van der Waals surface area contributed by atoms with Crippen LogP contribution in [-0.4, -0.2) is 24.2 Å². The molecule has 8 heteroatoms. The van der Waals surface area contributed by atoms with E-state index in [0.29, 0.717) is 0 Å². The van der Waals surface area contributed by atoms with Crippen molar-refractivity contribution in [2.24, 2.45) is 0 Å². The second-order valence-corrected chi connectivity index (χ2v) is 17.4. The van der Waals surface area contributed by atoms with Gasteiger partial charge in [0.05, 0.1) is 10.5 Å². The second-order valence-electron chi connectivity index (χ2n) is 12.2. The maximum absolute atomic E-state index is 6.28. The van der Waals surface area contributed by atoms with Gasteiger partial charge < -0.3 is 10.6 Å². The van der Waals surface area contributed by atoms with Gasteiger partial charge in [-0.2, -0.15) is 0 Å². The minimum Gasteiger partial charge on any atom is -0.310 e. The second kappa shape index (κ2) is 21.9. The summed E-state index contributed by atoms with van der Waals surface area (Å²) in [5, 5.41) is 9.91. The largest absolute Gasteiger partial charge is 0.310 e. The van der Waals surface area contributed by atoms with E-state index >= 15 is 0 Å². The van der Waals surface area contributed by atoms with Crippen LogP contribution in [0.15, 0.2) is 48.5 Å². The van der Waals surface area contributed by atoms with Gasteiger partial charge in [-0.05, 0) is 98.8 Å². The Kier molecular flexibility index (Phi) is 21.0. The molecule has 0 amide bonds. The van der Waals surface area contributed by atoms with E-state index in [1.165, 1.54) is 75.3 Å². The summed E-state index contributed by atoms with van der Waals surface area (Å²) < 4.78 is 0. The Balaban J connectivity index is 0.00000882. The van der Waals surface area contributed by atoms with Crippen LogP contribution in [0.1, 0.15) is 127 Å². The molecular weight excluding hydrogens is 639 g/mol. The third kappa shape index (κ3) is 15.0. The Morgan fingerprint density at radius 1 is 0.571 bits per heavy atom. The molecule has 0 radical (unpaired) electrons. The van der Waals surface area contributed by atoms with Crippen LogP contribution < -0.4 is 10.6 Å². The Labute approximate surface area is 286 Å². The molecule has 2 atom stereocenters. The van der Waals surface area contributed by atoms with Crippen molar-refractivity contribution in [3.8, 4) is 0 Å². The van der Waals surface area contributed by atoms with Crippen molar-refractivity contribution in [1.29, 1.82) is 0 Å². The highest BCUT2D eigenvalue weighted by molar-refractivity contribution is 9.09. The van der Waals surface area contributed by atoms with Crippen molar-refractivity contribution in [3.63, 3.8) is 0 Å². The average molecular weight is 694 g/mol. The molecule has 0 aliphatic carbocycles. The summed E-state index contributed by atoms with van der Waals surface area (Å²) in [7, 11) is 5.83. The van der Waals surface area contributed by atoms with Crippen LogP contribution in [0, 0.1) is 0 Å². The monoisotopic (exact) mass is 692 g/mol. The Morgan fingerprint density at radius 2 is 0.905 bits per heavy atom. The molecule has 2 aromatic carbocycles. The highest BCUT2D eigenvalue weighted by atomic mass is 35.5. The molecule has 0 saturated heterocycles. The quantitative estimate of drug-likeness (QED) is 0.0944. The lowest BCUT2D eigenvalue weighted by Crippen LogP contribution is -2.44. The average Bonchev–Trinajstić information content (AvgIpc) is 2.94. The van der Waals surface area contributed by atoms with Gasteiger partial charge in [0.1, 0.15) is 0 Å². The van der Waals surface area contributed by atoms with Crippen LogP contribution in [0.4, 0.5) is 0 Å². The first-order valence-electron chi connectivity index (χ1n) is 15.6. The molecule has 2 nitrogen and oxygen atoms in total. The summed E-state index contributed by atoms with van der Waals surface area (Å²) in [5.74, 6) is 0. The van der Waals surface area contributed by atoms with E-state index in [2.05, 4.69) is 76.4 Å². The number of halogens is 3. The molecule has 0 saturated carbocycles. The lowest BCUT2D eigenvalue weighted by Gasteiger charge is -2.37.